The summed E-state index contributed by atoms with van der Waals surface area (Å²) in [7, 11) is 0. The van der Waals surface area contributed by atoms with Crippen LogP contribution in [0.15, 0.2) is 137 Å². The van der Waals surface area contributed by atoms with Crippen LogP contribution in [-0.2, 0) is 10.8 Å². The summed E-state index contributed by atoms with van der Waals surface area (Å²) in [6.45, 7) is 13.0. The Kier molecular flexibility index (Phi) is 7.68. The first kappa shape index (κ1) is 32.3. The van der Waals surface area contributed by atoms with E-state index in [9.17, 15) is 5.11 Å². The number of furan rings is 1. The van der Waals surface area contributed by atoms with Crippen molar-refractivity contribution in [2.45, 2.75) is 52.4 Å². The molecule has 0 amide bonds. The Balaban J connectivity index is 1.34. The SMILES string of the molecule is CC(C)(C)c1cc(/C=N/c2ccccc2-c2nc3c(-c4cccc5c4oc4ccccc45)cccc3n2-c2ccccc2)c(O)c(C(C)(C)C)c1. The topological polar surface area (TPSA) is 63.5 Å². The van der Waals surface area contributed by atoms with Crippen LogP contribution in [0.1, 0.15) is 58.2 Å². The minimum Gasteiger partial charge on any atom is -0.507 e. The maximum atomic E-state index is 11.5. The van der Waals surface area contributed by atoms with E-state index >= 15 is 0 Å². The van der Waals surface area contributed by atoms with Crippen LogP contribution in [-0.4, -0.2) is 20.9 Å². The van der Waals surface area contributed by atoms with Crippen LogP contribution in [0.4, 0.5) is 5.69 Å². The van der Waals surface area contributed by atoms with Gasteiger partial charge in [-0.2, -0.15) is 0 Å². The van der Waals surface area contributed by atoms with Crippen molar-refractivity contribution in [3.63, 3.8) is 0 Å². The monoisotopic (exact) mass is 667 g/mol. The van der Waals surface area contributed by atoms with E-state index in [0.717, 1.165) is 78.0 Å². The highest BCUT2D eigenvalue weighted by Gasteiger charge is 2.25. The van der Waals surface area contributed by atoms with Crippen LogP contribution in [0.25, 0.3) is 61.2 Å². The summed E-state index contributed by atoms with van der Waals surface area (Å²) in [5.41, 5.74) is 10.6. The van der Waals surface area contributed by atoms with Crippen LogP contribution in [0.5, 0.6) is 5.75 Å². The van der Waals surface area contributed by atoms with Crippen LogP contribution in [0.2, 0.25) is 0 Å². The number of phenolic OH excluding ortho intramolecular Hbond substituents is 1. The lowest BCUT2D eigenvalue weighted by Gasteiger charge is -2.27. The molecule has 0 spiro atoms. The summed E-state index contributed by atoms with van der Waals surface area (Å²) in [6, 6.07) is 43.4. The molecule has 8 rings (SSSR count). The number of aromatic hydroxyl groups is 1. The van der Waals surface area contributed by atoms with E-state index in [1.807, 2.05) is 54.6 Å². The Morgan fingerprint density at radius 1 is 0.667 bits per heavy atom. The molecule has 6 aromatic carbocycles. The number of hydrogen-bond acceptors (Lipinski definition) is 4. The molecule has 8 aromatic rings. The van der Waals surface area contributed by atoms with E-state index < -0.39 is 0 Å². The fourth-order valence-electron chi connectivity index (χ4n) is 6.97. The largest absolute Gasteiger partial charge is 0.507 e. The minimum absolute atomic E-state index is 0.0981. The maximum absolute atomic E-state index is 11.5. The number of imidazole rings is 1. The highest BCUT2D eigenvalue weighted by molar-refractivity contribution is 6.12. The molecule has 252 valence electrons. The number of phenols is 1. The van der Waals surface area contributed by atoms with E-state index in [-0.39, 0.29) is 16.6 Å². The van der Waals surface area contributed by atoms with Gasteiger partial charge in [0.2, 0.25) is 0 Å². The number of nitrogens with zero attached hydrogens (tertiary/aromatic N) is 3. The number of fused-ring (bicyclic) bond motifs is 4. The van der Waals surface area contributed by atoms with Crippen molar-refractivity contribution in [2.75, 3.05) is 0 Å². The normalized spacial score (nSPS) is 12.5. The molecular formula is C46H41N3O2. The van der Waals surface area contributed by atoms with Gasteiger partial charge in [-0.05, 0) is 58.9 Å². The number of aliphatic imine (C=N–C) groups is 1. The smallest absolute Gasteiger partial charge is 0.147 e. The number of rotatable bonds is 5. The van der Waals surface area contributed by atoms with Crippen LogP contribution < -0.4 is 0 Å². The summed E-state index contributed by atoms with van der Waals surface area (Å²) in [5.74, 6) is 1.04. The van der Waals surface area contributed by atoms with Gasteiger partial charge in [0.1, 0.15) is 22.7 Å². The van der Waals surface area contributed by atoms with Gasteiger partial charge in [-0.1, -0.05) is 126 Å². The Morgan fingerprint density at radius 2 is 1.33 bits per heavy atom. The van der Waals surface area contributed by atoms with E-state index in [2.05, 4.69) is 119 Å². The Bertz CT molecular complexity index is 2610. The lowest BCUT2D eigenvalue weighted by atomic mass is 9.79. The molecule has 0 aliphatic heterocycles. The first-order valence-corrected chi connectivity index (χ1v) is 17.5. The average molecular weight is 668 g/mol. The summed E-state index contributed by atoms with van der Waals surface area (Å²) >= 11 is 0. The summed E-state index contributed by atoms with van der Waals surface area (Å²) in [5, 5.41) is 13.7. The lowest BCUT2D eigenvalue weighted by molar-refractivity contribution is 0.444. The van der Waals surface area contributed by atoms with Crippen molar-refractivity contribution >= 4 is 44.9 Å². The second-order valence-corrected chi connectivity index (χ2v) is 15.3. The van der Waals surface area contributed by atoms with Crippen molar-refractivity contribution in [3.05, 3.63) is 144 Å². The molecule has 0 bridgehead atoms. The molecule has 0 aliphatic carbocycles. The zero-order valence-electron chi connectivity index (χ0n) is 29.9. The average Bonchev–Trinajstić information content (AvgIpc) is 3.70. The number of hydrogen-bond donors (Lipinski definition) is 1. The van der Waals surface area contributed by atoms with Gasteiger partial charge in [0.15, 0.2) is 0 Å². The molecule has 0 fully saturated rings. The second-order valence-electron chi connectivity index (χ2n) is 15.3. The van der Waals surface area contributed by atoms with Gasteiger partial charge in [0.25, 0.3) is 0 Å². The van der Waals surface area contributed by atoms with Gasteiger partial charge in [0, 0.05) is 50.5 Å². The van der Waals surface area contributed by atoms with Crippen LogP contribution in [0.3, 0.4) is 0 Å². The zero-order chi connectivity index (χ0) is 35.5. The van der Waals surface area contributed by atoms with Gasteiger partial charge in [-0.15, -0.1) is 0 Å². The third-order valence-corrected chi connectivity index (χ3v) is 9.70. The number of benzene rings is 6. The Labute approximate surface area is 298 Å². The minimum atomic E-state index is -0.239. The van der Waals surface area contributed by atoms with Gasteiger partial charge in [-0.3, -0.25) is 9.56 Å². The number of para-hydroxylation sites is 5. The molecule has 2 aromatic heterocycles. The van der Waals surface area contributed by atoms with Crippen molar-refractivity contribution in [1.82, 2.24) is 9.55 Å². The molecule has 0 saturated heterocycles. The quantitative estimate of drug-likeness (QED) is 0.186. The molecule has 2 heterocycles. The summed E-state index contributed by atoms with van der Waals surface area (Å²) in [4.78, 5) is 10.5. The van der Waals surface area contributed by atoms with Crippen LogP contribution in [0, 0.1) is 0 Å². The van der Waals surface area contributed by atoms with E-state index in [1.165, 1.54) is 0 Å². The van der Waals surface area contributed by atoms with E-state index in [0.29, 0.717) is 5.56 Å². The molecule has 0 saturated carbocycles. The fourth-order valence-corrected chi connectivity index (χ4v) is 6.97. The predicted molar refractivity (Wildman–Crippen MR) is 212 cm³/mol. The molecule has 51 heavy (non-hydrogen) atoms. The van der Waals surface area contributed by atoms with Gasteiger partial charge < -0.3 is 9.52 Å². The molecule has 0 aliphatic rings. The van der Waals surface area contributed by atoms with E-state index in [4.69, 9.17) is 14.4 Å². The third kappa shape index (κ3) is 5.69. The Hall–Kier alpha value is -5.94. The molecule has 5 heteroatoms. The lowest BCUT2D eigenvalue weighted by Crippen LogP contribution is -2.17. The van der Waals surface area contributed by atoms with Gasteiger partial charge in [0.05, 0.1) is 16.7 Å². The Morgan fingerprint density at radius 3 is 2.12 bits per heavy atom. The molecular weight excluding hydrogens is 627 g/mol. The van der Waals surface area contributed by atoms with E-state index in [1.54, 1.807) is 6.21 Å². The maximum Gasteiger partial charge on any atom is 0.147 e. The third-order valence-electron chi connectivity index (χ3n) is 9.70. The van der Waals surface area contributed by atoms with Crippen molar-refractivity contribution in [3.8, 4) is 34.0 Å². The molecule has 0 unspecified atom stereocenters. The highest BCUT2D eigenvalue weighted by atomic mass is 16.3. The van der Waals surface area contributed by atoms with Crippen molar-refractivity contribution in [2.24, 2.45) is 4.99 Å². The highest BCUT2D eigenvalue weighted by Crippen LogP contribution is 2.42. The molecule has 0 radical (unpaired) electrons. The summed E-state index contributed by atoms with van der Waals surface area (Å²) < 4.78 is 8.69. The second kappa shape index (κ2) is 12.1. The summed E-state index contributed by atoms with van der Waals surface area (Å²) in [6.07, 6.45) is 1.79. The molecule has 5 nitrogen and oxygen atoms in total. The fraction of sp³-hybridized carbons (Fsp3) is 0.174. The first-order chi connectivity index (χ1) is 24.5. The number of aromatic nitrogens is 2. The van der Waals surface area contributed by atoms with Crippen LogP contribution >= 0.6 is 0 Å². The van der Waals surface area contributed by atoms with Crippen molar-refractivity contribution in [1.29, 1.82) is 0 Å². The molecule has 0 atom stereocenters. The van der Waals surface area contributed by atoms with Gasteiger partial charge in [-0.25, -0.2) is 4.98 Å². The standard InChI is InChI=1S/C46H41N3O2/c1-45(2,3)30-26-29(42(50)37(27-30)46(4,5)6)28-47-38-23-12-10-19-36(38)44-48-41-33(20-15-24-39(41)49(44)31-16-8-7-9-17-31)35-22-14-21-34-32-18-11-13-25-40(32)51-43(34)35/h7-28,50H,1-6H3/b47-28+. The predicted octanol–water partition coefficient (Wildman–Crippen LogP) is 12.3. The molecule has 1 N–H and O–H groups in total. The zero-order valence-corrected chi connectivity index (χ0v) is 29.9. The van der Waals surface area contributed by atoms with Crippen molar-refractivity contribution < 1.29 is 9.52 Å². The van der Waals surface area contributed by atoms with Gasteiger partial charge >= 0.3 is 0 Å². The first-order valence-electron chi connectivity index (χ1n) is 17.5.